The number of imidazole rings is 1. The molecule has 6 heteroatoms. The van der Waals surface area contributed by atoms with Gasteiger partial charge in [0.25, 0.3) is 0 Å². The van der Waals surface area contributed by atoms with Gasteiger partial charge >= 0.3 is 0 Å². The van der Waals surface area contributed by atoms with Gasteiger partial charge in [0.05, 0.1) is 23.7 Å². The summed E-state index contributed by atoms with van der Waals surface area (Å²) >= 11 is 6.84. The number of aromatic hydroxyl groups is 1. The number of rotatable bonds is 2. The maximum Gasteiger partial charge on any atom is 0.145 e. The first kappa shape index (κ1) is 14.4. The molecule has 0 amide bonds. The number of hydrogen-bond acceptors (Lipinski definition) is 3. The molecule has 1 N–H and O–H groups in total. The summed E-state index contributed by atoms with van der Waals surface area (Å²) in [5.41, 5.74) is 2.46. The molecule has 0 fully saturated rings. The van der Waals surface area contributed by atoms with E-state index in [-0.39, 0.29) is 5.75 Å². The van der Waals surface area contributed by atoms with E-state index in [1.807, 2.05) is 35.9 Å². The van der Waals surface area contributed by atoms with E-state index in [9.17, 15) is 5.11 Å². The van der Waals surface area contributed by atoms with Crippen molar-refractivity contribution in [3.8, 4) is 22.9 Å². The fraction of sp³-hybridized carbons (Fsp3) is 0.133. The number of halogens is 2. The van der Waals surface area contributed by atoms with Crippen molar-refractivity contribution in [3.05, 3.63) is 39.3 Å². The van der Waals surface area contributed by atoms with Crippen LogP contribution in [0.5, 0.6) is 11.5 Å². The molecule has 0 spiro atoms. The van der Waals surface area contributed by atoms with Crippen LogP contribution in [0.1, 0.15) is 0 Å². The van der Waals surface area contributed by atoms with Crippen LogP contribution in [-0.4, -0.2) is 21.8 Å². The molecular formula is C15H12Br2N2O2. The van der Waals surface area contributed by atoms with E-state index in [0.29, 0.717) is 11.4 Å². The average Bonchev–Trinajstić information content (AvgIpc) is 2.74. The Labute approximate surface area is 138 Å². The SMILES string of the molecule is COc1ccc2c(c1)nc(-c1c(O)cc(Br)cc1Br)n2C. The summed E-state index contributed by atoms with van der Waals surface area (Å²) in [7, 11) is 3.55. The number of benzene rings is 2. The van der Waals surface area contributed by atoms with E-state index in [1.54, 1.807) is 13.2 Å². The number of hydrogen-bond donors (Lipinski definition) is 1. The first-order valence-electron chi connectivity index (χ1n) is 6.20. The molecule has 0 atom stereocenters. The Morgan fingerprint density at radius 3 is 2.62 bits per heavy atom. The van der Waals surface area contributed by atoms with Crippen LogP contribution < -0.4 is 4.74 Å². The van der Waals surface area contributed by atoms with Crippen LogP contribution in [0, 0.1) is 0 Å². The van der Waals surface area contributed by atoms with Gasteiger partial charge in [0.1, 0.15) is 17.3 Å². The summed E-state index contributed by atoms with van der Waals surface area (Å²) in [6.45, 7) is 0. The van der Waals surface area contributed by atoms with Crippen LogP contribution in [0.25, 0.3) is 22.4 Å². The molecule has 0 saturated carbocycles. The lowest BCUT2D eigenvalue weighted by molar-refractivity contribution is 0.415. The third-order valence-electron chi connectivity index (χ3n) is 3.35. The molecule has 1 heterocycles. The highest BCUT2D eigenvalue weighted by Gasteiger charge is 2.17. The molecule has 0 radical (unpaired) electrons. The Morgan fingerprint density at radius 2 is 1.95 bits per heavy atom. The maximum absolute atomic E-state index is 10.2. The highest BCUT2D eigenvalue weighted by atomic mass is 79.9. The minimum Gasteiger partial charge on any atom is -0.507 e. The Kier molecular flexibility index (Phi) is 3.67. The van der Waals surface area contributed by atoms with Crippen LogP contribution in [0.15, 0.2) is 39.3 Å². The van der Waals surface area contributed by atoms with Crippen molar-refractivity contribution in [1.29, 1.82) is 0 Å². The van der Waals surface area contributed by atoms with Gasteiger partial charge in [0.15, 0.2) is 0 Å². The maximum atomic E-state index is 10.2. The lowest BCUT2D eigenvalue weighted by atomic mass is 10.2. The Morgan fingerprint density at radius 1 is 1.19 bits per heavy atom. The highest BCUT2D eigenvalue weighted by molar-refractivity contribution is 9.11. The van der Waals surface area contributed by atoms with Gasteiger partial charge in [0.2, 0.25) is 0 Å². The molecule has 0 aliphatic rings. The summed E-state index contributed by atoms with van der Waals surface area (Å²) in [5.74, 6) is 1.61. The fourth-order valence-electron chi connectivity index (χ4n) is 2.31. The third kappa shape index (κ3) is 2.42. The van der Waals surface area contributed by atoms with Gasteiger partial charge in [-0.1, -0.05) is 15.9 Å². The fourth-order valence-corrected chi connectivity index (χ4v) is 3.69. The number of ether oxygens (including phenoxy) is 1. The second kappa shape index (κ2) is 5.35. The number of phenols is 1. The summed E-state index contributed by atoms with van der Waals surface area (Å²) in [4.78, 5) is 4.62. The van der Waals surface area contributed by atoms with Crippen molar-refractivity contribution in [2.45, 2.75) is 0 Å². The molecule has 0 aliphatic carbocycles. The van der Waals surface area contributed by atoms with E-state index >= 15 is 0 Å². The van der Waals surface area contributed by atoms with Gasteiger partial charge in [0, 0.05) is 22.1 Å². The lowest BCUT2D eigenvalue weighted by Gasteiger charge is -2.08. The van der Waals surface area contributed by atoms with Crippen molar-refractivity contribution in [3.63, 3.8) is 0 Å². The van der Waals surface area contributed by atoms with Gasteiger partial charge in [-0.2, -0.15) is 0 Å². The van der Waals surface area contributed by atoms with Gasteiger partial charge < -0.3 is 14.4 Å². The van der Waals surface area contributed by atoms with Crippen LogP contribution in [-0.2, 0) is 7.05 Å². The third-order valence-corrected chi connectivity index (χ3v) is 4.43. The van der Waals surface area contributed by atoms with E-state index in [4.69, 9.17) is 4.74 Å². The van der Waals surface area contributed by atoms with Crippen LogP contribution in [0.2, 0.25) is 0 Å². The molecule has 0 bridgehead atoms. The molecule has 0 unspecified atom stereocenters. The predicted octanol–water partition coefficient (Wildman–Crippen LogP) is 4.48. The van der Waals surface area contributed by atoms with Crippen LogP contribution >= 0.6 is 31.9 Å². The monoisotopic (exact) mass is 410 g/mol. The summed E-state index contributed by atoms with van der Waals surface area (Å²) in [6.07, 6.45) is 0. The quantitative estimate of drug-likeness (QED) is 0.676. The lowest BCUT2D eigenvalue weighted by Crippen LogP contribution is -1.94. The highest BCUT2D eigenvalue weighted by Crippen LogP contribution is 2.39. The van der Waals surface area contributed by atoms with Gasteiger partial charge in [-0.15, -0.1) is 0 Å². The number of aromatic nitrogens is 2. The standard InChI is InChI=1S/C15H12Br2N2O2/c1-19-12-4-3-9(21-2)7-11(12)18-15(19)14-10(17)5-8(16)6-13(14)20/h3-7,20H,1-2H3. The predicted molar refractivity (Wildman–Crippen MR) is 89.8 cm³/mol. The minimum atomic E-state index is 0.168. The molecule has 1 aromatic heterocycles. The van der Waals surface area contributed by atoms with E-state index < -0.39 is 0 Å². The minimum absolute atomic E-state index is 0.168. The molecule has 4 nitrogen and oxygen atoms in total. The molecule has 0 saturated heterocycles. The normalized spacial score (nSPS) is 11.0. The topological polar surface area (TPSA) is 47.3 Å². The second-order valence-electron chi connectivity index (χ2n) is 4.63. The second-order valence-corrected chi connectivity index (χ2v) is 6.40. The zero-order valence-electron chi connectivity index (χ0n) is 11.4. The number of aryl methyl sites for hydroxylation is 1. The summed E-state index contributed by atoms with van der Waals surface area (Å²) in [6, 6.07) is 9.26. The average molecular weight is 412 g/mol. The van der Waals surface area contributed by atoms with Crippen molar-refractivity contribution >= 4 is 42.9 Å². The first-order chi connectivity index (χ1) is 10.0. The van der Waals surface area contributed by atoms with Crippen molar-refractivity contribution in [2.75, 3.05) is 7.11 Å². The number of phenolic OH excluding ortho intramolecular Hbond substituents is 1. The molecular weight excluding hydrogens is 400 g/mol. The number of nitrogens with zero attached hydrogens (tertiary/aromatic N) is 2. The largest absolute Gasteiger partial charge is 0.507 e. The van der Waals surface area contributed by atoms with Gasteiger partial charge in [-0.25, -0.2) is 4.98 Å². The first-order valence-corrected chi connectivity index (χ1v) is 7.78. The van der Waals surface area contributed by atoms with Crippen LogP contribution in [0.4, 0.5) is 0 Å². The zero-order chi connectivity index (χ0) is 15.1. The molecule has 108 valence electrons. The molecule has 2 aromatic carbocycles. The van der Waals surface area contributed by atoms with Crippen LogP contribution in [0.3, 0.4) is 0 Å². The Balaban J connectivity index is 2.28. The smallest absolute Gasteiger partial charge is 0.145 e. The summed E-state index contributed by atoms with van der Waals surface area (Å²) < 4.78 is 8.75. The number of fused-ring (bicyclic) bond motifs is 1. The van der Waals surface area contributed by atoms with Gasteiger partial charge in [-0.3, -0.25) is 0 Å². The molecule has 3 aromatic rings. The van der Waals surface area contributed by atoms with E-state index in [2.05, 4.69) is 36.8 Å². The molecule has 0 aliphatic heterocycles. The van der Waals surface area contributed by atoms with Crippen molar-refractivity contribution in [1.82, 2.24) is 9.55 Å². The summed E-state index contributed by atoms with van der Waals surface area (Å²) in [5, 5.41) is 10.2. The Bertz CT molecular complexity index is 820. The van der Waals surface area contributed by atoms with E-state index in [1.165, 1.54) is 0 Å². The van der Waals surface area contributed by atoms with Crippen molar-refractivity contribution in [2.24, 2.45) is 7.05 Å². The molecule has 3 rings (SSSR count). The number of methoxy groups -OCH3 is 1. The van der Waals surface area contributed by atoms with Crippen molar-refractivity contribution < 1.29 is 9.84 Å². The zero-order valence-corrected chi connectivity index (χ0v) is 14.6. The van der Waals surface area contributed by atoms with E-state index in [0.717, 1.165) is 25.7 Å². The van der Waals surface area contributed by atoms with Gasteiger partial charge in [-0.05, 0) is 40.2 Å². The molecule has 21 heavy (non-hydrogen) atoms. The Hall–Kier alpha value is -1.53.